The molecule has 7 nitrogen and oxygen atoms in total. The number of hydrazone groups is 1. The number of rotatable bonds is 6. The van der Waals surface area contributed by atoms with Crippen molar-refractivity contribution < 1.29 is 9.59 Å². The lowest BCUT2D eigenvalue weighted by molar-refractivity contribution is -0.112. The van der Waals surface area contributed by atoms with E-state index < -0.39 is 6.03 Å². The first-order valence-electron chi connectivity index (χ1n) is 8.23. The average molecular weight is 366 g/mol. The molecule has 3 N–H and O–H groups in total. The lowest BCUT2D eigenvalue weighted by atomic mass is 10.1. The SMILES string of the molecule is CC(C)N(CCN1C(=O)C(=NNC(N)=O)c2cc(Cl)ccc21)C(C)C. The number of benzene rings is 1. The highest BCUT2D eigenvalue weighted by molar-refractivity contribution is 6.54. The fourth-order valence-electron chi connectivity index (χ4n) is 3.05. The Labute approximate surface area is 152 Å². The number of carbonyl (C=O) groups is 2. The molecule has 1 aromatic rings. The van der Waals surface area contributed by atoms with E-state index in [0.29, 0.717) is 29.2 Å². The second-order valence-electron chi connectivity index (χ2n) is 6.48. The Morgan fingerprint density at radius 3 is 2.52 bits per heavy atom. The minimum absolute atomic E-state index is 0.136. The topological polar surface area (TPSA) is 91.0 Å². The van der Waals surface area contributed by atoms with E-state index in [1.165, 1.54) is 0 Å². The molecular weight excluding hydrogens is 342 g/mol. The van der Waals surface area contributed by atoms with Gasteiger partial charge >= 0.3 is 6.03 Å². The maximum absolute atomic E-state index is 12.8. The molecule has 0 aromatic heterocycles. The van der Waals surface area contributed by atoms with Gasteiger partial charge in [-0.2, -0.15) is 5.10 Å². The number of urea groups is 1. The summed E-state index contributed by atoms with van der Waals surface area (Å²) in [5, 5.41) is 4.35. The number of anilines is 1. The first kappa shape index (κ1) is 19.2. The van der Waals surface area contributed by atoms with Gasteiger partial charge in [0.25, 0.3) is 5.91 Å². The zero-order valence-electron chi connectivity index (χ0n) is 14.9. The van der Waals surface area contributed by atoms with Crippen LogP contribution in [0.15, 0.2) is 23.3 Å². The first-order valence-corrected chi connectivity index (χ1v) is 8.60. The number of nitrogens with two attached hydrogens (primary N) is 1. The van der Waals surface area contributed by atoms with Crippen LogP contribution in [0.3, 0.4) is 0 Å². The monoisotopic (exact) mass is 365 g/mol. The maximum atomic E-state index is 12.8. The van der Waals surface area contributed by atoms with Gasteiger partial charge in [-0.05, 0) is 45.9 Å². The number of hydrogen-bond acceptors (Lipinski definition) is 4. The molecule has 8 heteroatoms. The van der Waals surface area contributed by atoms with E-state index >= 15 is 0 Å². The van der Waals surface area contributed by atoms with Crippen LogP contribution in [0.25, 0.3) is 0 Å². The molecule has 3 amide bonds. The summed E-state index contributed by atoms with van der Waals surface area (Å²) in [5.74, 6) is -0.279. The molecule has 0 radical (unpaired) electrons. The summed E-state index contributed by atoms with van der Waals surface area (Å²) < 4.78 is 0. The van der Waals surface area contributed by atoms with E-state index in [-0.39, 0.29) is 11.6 Å². The fourth-order valence-corrected chi connectivity index (χ4v) is 3.23. The van der Waals surface area contributed by atoms with Gasteiger partial charge in [0.15, 0.2) is 5.71 Å². The molecule has 1 aliphatic rings. The van der Waals surface area contributed by atoms with Crippen molar-refractivity contribution in [2.45, 2.75) is 39.8 Å². The summed E-state index contributed by atoms with van der Waals surface area (Å²) in [6, 6.07) is 5.09. The number of nitrogens with one attached hydrogen (secondary N) is 1. The number of nitrogens with zero attached hydrogens (tertiary/aromatic N) is 3. The molecule has 0 bridgehead atoms. The minimum atomic E-state index is -0.826. The number of hydrogen-bond donors (Lipinski definition) is 2. The number of carbonyl (C=O) groups excluding carboxylic acids is 2. The van der Waals surface area contributed by atoms with Crippen LogP contribution in [-0.2, 0) is 4.79 Å². The quantitative estimate of drug-likeness (QED) is 0.757. The summed E-state index contributed by atoms with van der Waals surface area (Å²) in [5.41, 5.74) is 8.63. The van der Waals surface area contributed by atoms with Gasteiger partial charge in [0.1, 0.15) is 0 Å². The number of primary amides is 1. The van der Waals surface area contributed by atoms with Crippen LogP contribution in [0.5, 0.6) is 0 Å². The molecule has 1 aliphatic heterocycles. The predicted octanol–water partition coefficient (Wildman–Crippen LogP) is 2.18. The van der Waals surface area contributed by atoms with Crippen molar-refractivity contribution in [2.75, 3.05) is 18.0 Å². The van der Waals surface area contributed by atoms with Crippen LogP contribution in [0.1, 0.15) is 33.3 Å². The summed E-state index contributed by atoms with van der Waals surface area (Å²) in [7, 11) is 0. The Balaban J connectivity index is 2.29. The third-order valence-corrected chi connectivity index (χ3v) is 4.37. The van der Waals surface area contributed by atoms with E-state index in [4.69, 9.17) is 17.3 Å². The molecule has 0 spiro atoms. The van der Waals surface area contributed by atoms with Gasteiger partial charge in [-0.1, -0.05) is 11.6 Å². The van der Waals surface area contributed by atoms with Gasteiger partial charge < -0.3 is 10.6 Å². The van der Waals surface area contributed by atoms with Gasteiger partial charge in [0.2, 0.25) is 0 Å². The minimum Gasteiger partial charge on any atom is -0.350 e. The van der Waals surface area contributed by atoms with Crippen LogP contribution in [0.4, 0.5) is 10.5 Å². The van der Waals surface area contributed by atoms with Gasteiger partial charge in [0, 0.05) is 35.8 Å². The molecule has 0 unspecified atom stereocenters. The summed E-state index contributed by atoms with van der Waals surface area (Å²) in [6.45, 7) is 9.75. The molecule has 2 rings (SSSR count). The molecule has 1 aromatic carbocycles. The van der Waals surface area contributed by atoms with E-state index in [0.717, 1.165) is 12.2 Å². The van der Waals surface area contributed by atoms with Crippen LogP contribution in [0, 0.1) is 0 Å². The van der Waals surface area contributed by atoms with Crippen LogP contribution < -0.4 is 16.1 Å². The van der Waals surface area contributed by atoms with Crippen molar-refractivity contribution in [1.29, 1.82) is 0 Å². The van der Waals surface area contributed by atoms with Crippen molar-refractivity contribution in [3.8, 4) is 0 Å². The highest BCUT2D eigenvalue weighted by Crippen LogP contribution is 2.31. The Hall–Kier alpha value is -2.12. The third-order valence-electron chi connectivity index (χ3n) is 4.14. The normalized spacial score (nSPS) is 15.6. The van der Waals surface area contributed by atoms with Crippen molar-refractivity contribution in [3.63, 3.8) is 0 Å². The average Bonchev–Trinajstić information content (AvgIpc) is 2.76. The smallest absolute Gasteiger partial charge is 0.332 e. The number of fused-ring (bicyclic) bond motifs is 1. The van der Waals surface area contributed by atoms with Gasteiger partial charge in [-0.15, -0.1) is 0 Å². The van der Waals surface area contributed by atoms with Crippen molar-refractivity contribution in [3.05, 3.63) is 28.8 Å². The Morgan fingerprint density at radius 1 is 1.32 bits per heavy atom. The molecule has 0 saturated carbocycles. The van der Waals surface area contributed by atoms with E-state index in [1.807, 2.05) is 0 Å². The zero-order valence-corrected chi connectivity index (χ0v) is 15.7. The molecule has 0 aliphatic carbocycles. The van der Waals surface area contributed by atoms with E-state index in [1.54, 1.807) is 23.1 Å². The highest BCUT2D eigenvalue weighted by atomic mass is 35.5. The molecule has 0 fully saturated rings. The molecule has 0 saturated heterocycles. The Kier molecular flexibility index (Phi) is 6.02. The zero-order chi connectivity index (χ0) is 18.7. The summed E-state index contributed by atoms with van der Waals surface area (Å²) in [6.07, 6.45) is 0. The molecular formula is C17H24ClN5O2. The largest absolute Gasteiger partial charge is 0.350 e. The standard InChI is InChI=1S/C17H24ClN5O2/c1-10(2)22(11(3)4)7-8-23-14-6-5-12(18)9-13(14)15(16(23)24)20-21-17(19)25/h5-6,9-11H,7-8H2,1-4H3,(H3,19,21,25). The highest BCUT2D eigenvalue weighted by Gasteiger charge is 2.34. The van der Waals surface area contributed by atoms with E-state index in [2.05, 4.69) is 43.1 Å². The maximum Gasteiger partial charge on any atom is 0.332 e. The molecule has 25 heavy (non-hydrogen) atoms. The second-order valence-corrected chi connectivity index (χ2v) is 6.92. The van der Waals surface area contributed by atoms with Gasteiger partial charge in [0.05, 0.1) is 5.69 Å². The second kappa shape index (κ2) is 7.84. The molecule has 0 atom stereocenters. The van der Waals surface area contributed by atoms with Crippen LogP contribution in [0.2, 0.25) is 5.02 Å². The lowest BCUT2D eigenvalue weighted by Crippen LogP contribution is -2.44. The summed E-state index contributed by atoms with van der Waals surface area (Å²) in [4.78, 5) is 27.7. The van der Waals surface area contributed by atoms with Gasteiger partial charge in [-0.3, -0.25) is 9.69 Å². The fraction of sp³-hybridized carbons (Fsp3) is 0.471. The summed E-state index contributed by atoms with van der Waals surface area (Å²) >= 11 is 6.05. The van der Waals surface area contributed by atoms with Crippen molar-refractivity contribution in [2.24, 2.45) is 10.8 Å². The predicted molar refractivity (Wildman–Crippen MR) is 100 cm³/mol. The lowest BCUT2D eigenvalue weighted by Gasteiger charge is -2.32. The molecule has 1 heterocycles. The Morgan fingerprint density at radius 2 is 1.96 bits per heavy atom. The Bertz CT molecular complexity index is 694. The van der Waals surface area contributed by atoms with Crippen molar-refractivity contribution >= 4 is 34.9 Å². The number of halogens is 1. The third kappa shape index (κ3) is 4.29. The van der Waals surface area contributed by atoms with E-state index in [9.17, 15) is 9.59 Å². The first-order chi connectivity index (χ1) is 11.7. The van der Waals surface area contributed by atoms with Crippen molar-refractivity contribution in [1.82, 2.24) is 10.3 Å². The van der Waals surface area contributed by atoms with Crippen LogP contribution in [-0.4, -0.2) is 47.7 Å². The van der Waals surface area contributed by atoms with Crippen LogP contribution >= 0.6 is 11.6 Å². The van der Waals surface area contributed by atoms with Gasteiger partial charge in [-0.25, -0.2) is 10.2 Å². The number of amides is 3. The molecule has 136 valence electrons.